The Bertz CT molecular complexity index is 949. The topological polar surface area (TPSA) is 72.8 Å². The van der Waals surface area contributed by atoms with Gasteiger partial charge in [0.1, 0.15) is 5.15 Å². The third-order valence-electron chi connectivity index (χ3n) is 4.23. The summed E-state index contributed by atoms with van der Waals surface area (Å²) in [5, 5.41) is 9.78. The molecule has 0 radical (unpaired) electrons. The summed E-state index contributed by atoms with van der Waals surface area (Å²) in [6.07, 6.45) is 2.10. The van der Waals surface area contributed by atoms with E-state index < -0.39 is 0 Å². The minimum Gasteiger partial charge on any atom is -0.376 e. The first-order valence-electron chi connectivity index (χ1n) is 8.14. The number of nitrogens with zero attached hydrogens (tertiary/aromatic N) is 3. The molecule has 1 atom stereocenters. The lowest BCUT2D eigenvalue weighted by molar-refractivity contribution is 0.0941. The Morgan fingerprint density at radius 2 is 2.28 bits per heavy atom. The van der Waals surface area contributed by atoms with Gasteiger partial charge in [-0.1, -0.05) is 47.6 Å². The van der Waals surface area contributed by atoms with E-state index in [1.54, 1.807) is 4.57 Å². The van der Waals surface area contributed by atoms with Crippen LogP contribution in [0, 0.1) is 0 Å². The highest BCUT2D eigenvalue weighted by molar-refractivity contribution is 7.98. The van der Waals surface area contributed by atoms with Gasteiger partial charge in [0.05, 0.1) is 18.3 Å². The van der Waals surface area contributed by atoms with Crippen molar-refractivity contribution in [1.29, 1.82) is 0 Å². The summed E-state index contributed by atoms with van der Waals surface area (Å²) >= 11 is 7.74. The fourth-order valence-electron chi connectivity index (χ4n) is 2.99. The number of aromatic nitrogens is 4. The Balaban J connectivity index is 1.52. The number of hydrogen-bond acceptors (Lipinski definition) is 5. The molecule has 130 valence electrons. The molecule has 1 aliphatic rings. The molecule has 0 bridgehead atoms. The number of halogens is 1. The summed E-state index contributed by atoms with van der Waals surface area (Å²) in [4.78, 5) is 16.5. The lowest BCUT2D eigenvalue weighted by Crippen LogP contribution is -2.24. The van der Waals surface area contributed by atoms with E-state index in [2.05, 4.69) is 15.2 Å². The Kier molecular flexibility index (Phi) is 4.78. The van der Waals surface area contributed by atoms with Crippen LogP contribution in [0.5, 0.6) is 0 Å². The van der Waals surface area contributed by atoms with Crippen LogP contribution in [0.3, 0.4) is 0 Å². The smallest absolute Gasteiger partial charge is 0.344 e. The molecule has 1 unspecified atom stereocenters. The molecule has 1 saturated heterocycles. The van der Waals surface area contributed by atoms with Gasteiger partial charge in [0, 0.05) is 17.7 Å². The van der Waals surface area contributed by atoms with E-state index in [9.17, 15) is 4.79 Å². The first kappa shape index (κ1) is 16.6. The average molecular weight is 377 g/mol. The van der Waals surface area contributed by atoms with E-state index in [4.69, 9.17) is 16.3 Å². The SMILES string of the molecule is O=c1[nH]nc(SCc2cc3ccccc3c(Cl)n2)n1CC1CCCO1. The minimum atomic E-state index is -0.206. The summed E-state index contributed by atoms with van der Waals surface area (Å²) in [7, 11) is 0. The average Bonchev–Trinajstić information content (AvgIpc) is 3.25. The van der Waals surface area contributed by atoms with Crippen molar-refractivity contribution in [2.75, 3.05) is 6.61 Å². The maximum Gasteiger partial charge on any atom is 0.344 e. The molecule has 25 heavy (non-hydrogen) atoms. The number of ether oxygens (including phenoxy) is 1. The molecule has 1 fully saturated rings. The first-order valence-corrected chi connectivity index (χ1v) is 9.51. The molecule has 0 amide bonds. The van der Waals surface area contributed by atoms with Crippen molar-refractivity contribution in [3.8, 4) is 0 Å². The molecule has 0 saturated carbocycles. The van der Waals surface area contributed by atoms with Crippen molar-refractivity contribution in [3.63, 3.8) is 0 Å². The van der Waals surface area contributed by atoms with Gasteiger partial charge in [-0.25, -0.2) is 14.9 Å². The highest BCUT2D eigenvalue weighted by atomic mass is 35.5. The number of fused-ring (bicyclic) bond motifs is 1. The molecule has 3 heterocycles. The summed E-state index contributed by atoms with van der Waals surface area (Å²) in [5.41, 5.74) is 0.648. The molecule has 1 aliphatic heterocycles. The summed E-state index contributed by atoms with van der Waals surface area (Å²) < 4.78 is 7.26. The van der Waals surface area contributed by atoms with Gasteiger partial charge in [-0.2, -0.15) is 0 Å². The van der Waals surface area contributed by atoms with Gasteiger partial charge in [-0.3, -0.25) is 4.57 Å². The number of thioether (sulfide) groups is 1. The van der Waals surface area contributed by atoms with Crippen LogP contribution in [0.1, 0.15) is 18.5 Å². The molecule has 4 rings (SSSR count). The van der Waals surface area contributed by atoms with Crippen molar-refractivity contribution >= 4 is 34.1 Å². The molecule has 1 aromatic carbocycles. The lowest BCUT2D eigenvalue weighted by atomic mass is 10.1. The molecule has 8 heteroatoms. The fraction of sp³-hybridized carbons (Fsp3) is 0.353. The number of rotatable bonds is 5. The molecule has 2 aromatic heterocycles. The van der Waals surface area contributed by atoms with Crippen molar-refractivity contribution in [2.24, 2.45) is 0 Å². The second-order valence-electron chi connectivity index (χ2n) is 5.97. The Morgan fingerprint density at radius 1 is 1.40 bits per heavy atom. The van der Waals surface area contributed by atoms with Gasteiger partial charge in [0.2, 0.25) is 0 Å². The number of H-pyrrole nitrogens is 1. The molecule has 0 spiro atoms. The van der Waals surface area contributed by atoms with Crippen molar-refractivity contribution < 1.29 is 4.74 Å². The zero-order chi connectivity index (χ0) is 17.2. The van der Waals surface area contributed by atoms with Crippen LogP contribution in [-0.4, -0.2) is 32.5 Å². The lowest BCUT2D eigenvalue weighted by Gasteiger charge is -2.11. The van der Waals surface area contributed by atoms with Gasteiger partial charge < -0.3 is 4.74 Å². The summed E-state index contributed by atoms with van der Waals surface area (Å²) in [6, 6.07) is 9.90. The second-order valence-corrected chi connectivity index (χ2v) is 7.27. The van der Waals surface area contributed by atoms with E-state index in [-0.39, 0.29) is 11.8 Å². The second kappa shape index (κ2) is 7.19. The van der Waals surface area contributed by atoms with E-state index in [1.807, 2.05) is 30.3 Å². The first-order chi connectivity index (χ1) is 12.2. The third kappa shape index (κ3) is 3.58. The van der Waals surface area contributed by atoms with Crippen LogP contribution in [0.4, 0.5) is 0 Å². The maximum absolute atomic E-state index is 12.0. The van der Waals surface area contributed by atoms with Crippen molar-refractivity contribution in [2.45, 2.75) is 36.4 Å². The Hall–Kier alpha value is -1.83. The monoisotopic (exact) mass is 376 g/mol. The minimum absolute atomic E-state index is 0.0860. The van der Waals surface area contributed by atoms with Gasteiger partial charge in [0.15, 0.2) is 5.16 Å². The zero-order valence-electron chi connectivity index (χ0n) is 13.4. The largest absolute Gasteiger partial charge is 0.376 e. The van der Waals surface area contributed by atoms with Crippen LogP contribution in [0.25, 0.3) is 10.8 Å². The Labute approximate surface area is 153 Å². The normalized spacial score (nSPS) is 17.4. The maximum atomic E-state index is 12.0. The number of hydrogen-bond donors (Lipinski definition) is 1. The van der Waals surface area contributed by atoms with Crippen LogP contribution in [0.15, 0.2) is 40.3 Å². The van der Waals surface area contributed by atoms with Crippen molar-refractivity contribution in [1.82, 2.24) is 19.7 Å². The summed E-state index contributed by atoms with van der Waals surface area (Å²) in [5.74, 6) is 0.584. The standard InChI is InChI=1S/C17H17ClN4O2S/c18-15-14-6-2-1-4-11(14)8-12(19-15)10-25-17-21-20-16(23)22(17)9-13-5-3-7-24-13/h1-2,4,6,8,13H,3,5,7,9-10H2,(H,20,23). The van der Waals surface area contributed by atoms with Crippen LogP contribution >= 0.6 is 23.4 Å². The highest BCUT2D eigenvalue weighted by Crippen LogP contribution is 2.26. The number of aromatic amines is 1. The predicted molar refractivity (Wildman–Crippen MR) is 98.1 cm³/mol. The van der Waals surface area contributed by atoms with E-state index in [0.717, 1.165) is 35.9 Å². The van der Waals surface area contributed by atoms with Gasteiger partial charge in [-0.05, 0) is 24.3 Å². The Morgan fingerprint density at radius 3 is 3.12 bits per heavy atom. The van der Waals surface area contributed by atoms with Gasteiger partial charge in [0.25, 0.3) is 0 Å². The van der Waals surface area contributed by atoms with Crippen LogP contribution < -0.4 is 5.69 Å². The number of benzene rings is 1. The molecule has 0 aliphatic carbocycles. The quantitative estimate of drug-likeness (QED) is 0.546. The van der Waals surface area contributed by atoms with Gasteiger partial charge in [-0.15, -0.1) is 5.10 Å². The molecule has 1 N–H and O–H groups in total. The highest BCUT2D eigenvalue weighted by Gasteiger charge is 2.19. The number of nitrogens with one attached hydrogen (secondary N) is 1. The zero-order valence-corrected chi connectivity index (χ0v) is 15.0. The van der Waals surface area contributed by atoms with Crippen LogP contribution in [0.2, 0.25) is 5.15 Å². The van der Waals surface area contributed by atoms with Crippen LogP contribution in [-0.2, 0) is 17.0 Å². The van der Waals surface area contributed by atoms with E-state index in [1.165, 1.54) is 11.8 Å². The fourth-order valence-corrected chi connectivity index (χ4v) is 4.12. The number of pyridine rings is 1. The van der Waals surface area contributed by atoms with E-state index >= 15 is 0 Å². The molecular formula is C17H17ClN4O2S. The third-order valence-corrected chi connectivity index (χ3v) is 5.53. The molecule has 3 aromatic rings. The van der Waals surface area contributed by atoms with Gasteiger partial charge >= 0.3 is 5.69 Å². The summed E-state index contributed by atoms with van der Waals surface area (Å²) in [6.45, 7) is 1.29. The predicted octanol–water partition coefficient (Wildman–Crippen LogP) is 3.24. The molecular weight excluding hydrogens is 360 g/mol. The van der Waals surface area contributed by atoms with Crippen molar-refractivity contribution in [3.05, 3.63) is 51.7 Å². The van der Waals surface area contributed by atoms with E-state index in [0.29, 0.717) is 22.6 Å². The molecule has 6 nitrogen and oxygen atoms in total.